The minimum Gasteiger partial charge on any atom is -0.508 e. The SMILES string of the molecule is Cc1ccc(CNC(=O)c2cc(O)ccc2N)o1. The van der Waals surface area contributed by atoms with E-state index in [2.05, 4.69) is 5.32 Å². The minimum absolute atomic E-state index is 0.00296. The van der Waals surface area contributed by atoms with Crippen LogP contribution in [0.4, 0.5) is 5.69 Å². The molecule has 5 heteroatoms. The molecule has 0 radical (unpaired) electrons. The highest BCUT2D eigenvalue weighted by Gasteiger charge is 2.11. The van der Waals surface area contributed by atoms with E-state index in [0.717, 1.165) is 5.76 Å². The number of rotatable bonds is 3. The van der Waals surface area contributed by atoms with E-state index in [-0.39, 0.29) is 23.8 Å². The predicted molar refractivity (Wildman–Crippen MR) is 67.1 cm³/mol. The van der Waals surface area contributed by atoms with Crippen LogP contribution in [-0.2, 0) is 6.54 Å². The van der Waals surface area contributed by atoms with Crippen LogP contribution in [0.2, 0.25) is 0 Å². The minimum atomic E-state index is -0.350. The molecule has 94 valence electrons. The lowest BCUT2D eigenvalue weighted by Crippen LogP contribution is -2.23. The van der Waals surface area contributed by atoms with Gasteiger partial charge in [0.15, 0.2) is 0 Å². The van der Waals surface area contributed by atoms with Crippen molar-refractivity contribution in [1.29, 1.82) is 0 Å². The van der Waals surface area contributed by atoms with Gasteiger partial charge in [0.1, 0.15) is 17.3 Å². The van der Waals surface area contributed by atoms with Gasteiger partial charge in [-0.25, -0.2) is 0 Å². The molecule has 0 aliphatic rings. The molecule has 0 fully saturated rings. The highest BCUT2D eigenvalue weighted by molar-refractivity contribution is 5.99. The molecular formula is C13H14N2O3. The number of aromatic hydroxyl groups is 1. The van der Waals surface area contributed by atoms with Crippen molar-refractivity contribution < 1.29 is 14.3 Å². The van der Waals surface area contributed by atoms with Crippen molar-refractivity contribution in [2.24, 2.45) is 0 Å². The van der Waals surface area contributed by atoms with E-state index in [0.29, 0.717) is 11.4 Å². The van der Waals surface area contributed by atoms with Crippen LogP contribution in [0.25, 0.3) is 0 Å². The number of carbonyl (C=O) groups excluding carboxylic acids is 1. The molecule has 0 atom stereocenters. The quantitative estimate of drug-likeness (QED) is 0.569. The standard InChI is InChI=1S/C13H14N2O3/c1-8-2-4-10(18-8)7-15-13(17)11-6-9(16)3-5-12(11)14/h2-6,16H,7,14H2,1H3,(H,15,17). The van der Waals surface area contributed by atoms with Gasteiger partial charge >= 0.3 is 0 Å². The average molecular weight is 246 g/mol. The van der Waals surface area contributed by atoms with Gasteiger partial charge in [-0.05, 0) is 37.3 Å². The number of nitrogens with two attached hydrogens (primary N) is 1. The molecule has 1 heterocycles. The number of phenolic OH excluding ortho intramolecular Hbond substituents is 1. The highest BCUT2D eigenvalue weighted by Crippen LogP contribution is 2.18. The zero-order chi connectivity index (χ0) is 13.1. The maximum atomic E-state index is 11.9. The first-order chi connectivity index (χ1) is 8.56. The van der Waals surface area contributed by atoms with Gasteiger partial charge in [-0.2, -0.15) is 0 Å². The van der Waals surface area contributed by atoms with Crippen molar-refractivity contribution in [3.8, 4) is 5.75 Å². The van der Waals surface area contributed by atoms with Gasteiger partial charge < -0.3 is 20.6 Å². The monoisotopic (exact) mass is 246 g/mol. The summed E-state index contributed by atoms with van der Waals surface area (Å²) in [6, 6.07) is 7.87. The van der Waals surface area contributed by atoms with Crippen LogP contribution in [0.5, 0.6) is 5.75 Å². The van der Waals surface area contributed by atoms with E-state index in [1.165, 1.54) is 18.2 Å². The lowest BCUT2D eigenvalue weighted by atomic mass is 10.1. The molecule has 0 aliphatic carbocycles. The van der Waals surface area contributed by atoms with Crippen LogP contribution in [0.15, 0.2) is 34.7 Å². The Morgan fingerprint density at radius 2 is 2.17 bits per heavy atom. The van der Waals surface area contributed by atoms with Gasteiger partial charge in [-0.1, -0.05) is 0 Å². The Balaban J connectivity index is 2.05. The second-order valence-electron chi connectivity index (χ2n) is 3.97. The van der Waals surface area contributed by atoms with Gasteiger partial charge in [0.2, 0.25) is 0 Å². The van der Waals surface area contributed by atoms with Crippen LogP contribution >= 0.6 is 0 Å². The number of furan rings is 1. The summed E-state index contributed by atoms with van der Waals surface area (Å²) in [4.78, 5) is 11.9. The fourth-order valence-corrected chi connectivity index (χ4v) is 1.58. The summed E-state index contributed by atoms with van der Waals surface area (Å²) in [6.07, 6.45) is 0. The number of nitrogen functional groups attached to an aromatic ring is 1. The second kappa shape index (κ2) is 4.83. The van der Waals surface area contributed by atoms with E-state index < -0.39 is 0 Å². The number of phenols is 1. The fourth-order valence-electron chi connectivity index (χ4n) is 1.58. The van der Waals surface area contributed by atoms with E-state index in [9.17, 15) is 9.90 Å². The van der Waals surface area contributed by atoms with Crippen molar-refractivity contribution in [3.05, 3.63) is 47.4 Å². The molecule has 2 rings (SSSR count). The lowest BCUT2D eigenvalue weighted by Gasteiger charge is -2.06. The van der Waals surface area contributed by atoms with Gasteiger partial charge in [0.25, 0.3) is 5.91 Å². The largest absolute Gasteiger partial charge is 0.508 e. The van der Waals surface area contributed by atoms with Gasteiger partial charge in [0, 0.05) is 5.69 Å². The first kappa shape index (κ1) is 12.0. The predicted octanol–water partition coefficient (Wildman–Crippen LogP) is 1.81. The van der Waals surface area contributed by atoms with Crippen molar-refractivity contribution >= 4 is 11.6 Å². The summed E-state index contributed by atoms with van der Waals surface area (Å²) < 4.78 is 5.33. The summed E-state index contributed by atoms with van der Waals surface area (Å²) in [5, 5.41) is 12.0. The third-order valence-corrected chi connectivity index (χ3v) is 2.50. The normalized spacial score (nSPS) is 10.3. The molecule has 0 spiro atoms. The molecule has 0 saturated carbocycles. The zero-order valence-electron chi connectivity index (χ0n) is 9.93. The molecule has 0 saturated heterocycles. The molecule has 0 unspecified atom stereocenters. The Morgan fingerprint density at radius 1 is 1.39 bits per heavy atom. The fraction of sp³-hybridized carbons (Fsp3) is 0.154. The number of anilines is 1. The zero-order valence-corrected chi connectivity index (χ0v) is 9.93. The molecular weight excluding hydrogens is 232 g/mol. The van der Waals surface area contributed by atoms with Crippen molar-refractivity contribution in [1.82, 2.24) is 5.32 Å². The smallest absolute Gasteiger partial charge is 0.253 e. The summed E-state index contributed by atoms with van der Waals surface area (Å²) in [5.74, 6) is 1.11. The Labute approximate surface area is 104 Å². The first-order valence-electron chi connectivity index (χ1n) is 5.48. The number of nitrogens with one attached hydrogen (secondary N) is 1. The topological polar surface area (TPSA) is 88.5 Å². The molecule has 5 nitrogen and oxygen atoms in total. The third-order valence-electron chi connectivity index (χ3n) is 2.50. The number of hydrogen-bond donors (Lipinski definition) is 3. The van der Waals surface area contributed by atoms with Gasteiger partial charge in [-0.3, -0.25) is 4.79 Å². The molecule has 0 aliphatic heterocycles. The van der Waals surface area contributed by atoms with Crippen LogP contribution in [-0.4, -0.2) is 11.0 Å². The maximum absolute atomic E-state index is 11.9. The van der Waals surface area contributed by atoms with Crippen LogP contribution in [0, 0.1) is 6.92 Å². The summed E-state index contributed by atoms with van der Waals surface area (Å²) in [5.41, 5.74) is 6.24. The molecule has 1 amide bonds. The van der Waals surface area contributed by atoms with Crippen LogP contribution in [0.1, 0.15) is 21.9 Å². The molecule has 4 N–H and O–H groups in total. The lowest BCUT2D eigenvalue weighted by molar-refractivity contribution is 0.0948. The molecule has 0 bridgehead atoms. The molecule has 2 aromatic rings. The summed E-state index contributed by atoms with van der Waals surface area (Å²) in [7, 11) is 0. The van der Waals surface area contributed by atoms with E-state index in [4.69, 9.17) is 10.2 Å². The maximum Gasteiger partial charge on any atom is 0.253 e. The average Bonchev–Trinajstić information content (AvgIpc) is 2.75. The second-order valence-corrected chi connectivity index (χ2v) is 3.97. The van der Waals surface area contributed by atoms with E-state index >= 15 is 0 Å². The third kappa shape index (κ3) is 2.63. The molecule has 1 aromatic carbocycles. The summed E-state index contributed by atoms with van der Waals surface area (Å²) >= 11 is 0. The Bertz CT molecular complexity index is 575. The number of amides is 1. The Hall–Kier alpha value is -2.43. The Kier molecular flexibility index (Phi) is 3.23. The number of hydrogen-bond acceptors (Lipinski definition) is 4. The van der Waals surface area contributed by atoms with E-state index in [1.54, 1.807) is 6.07 Å². The van der Waals surface area contributed by atoms with Crippen molar-refractivity contribution in [2.45, 2.75) is 13.5 Å². The van der Waals surface area contributed by atoms with Crippen molar-refractivity contribution in [3.63, 3.8) is 0 Å². The summed E-state index contributed by atoms with van der Waals surface area (Å²) in [6.45, 7) is 2.11. The van der Waals surface area contributed by atoms with Gasteiger partial charge in [-0.15, -0.1) is 0 Å². The van der Waals surface area contributed by atoms with Gasteiger partial charge in [0.05, 0.1) is 12.1 Å². The highest BCUT2D eigenvalue weighted by atomic mass is 16.3. The van der Waals surface area contributed by atoms with E-state index in [1.807, 2.05) is 13.0 Å². The molecule has 1 aromatic heterocycles. The number of benzene rings is 1. The van der Waals surface area contributed by atoms with Crippen LogP contribution in [0.3, 0.4) is 0 Å². The Morgan fingerprint density at radius 3 is 2.83 bits per heavy atom. The van der Waals surface area contributed by atoms with Crippen molar-refractivity contribution in [2.75, 3.05) is 5.73 Å². The first-order valence-corrected chi connectivity index (χ1v) is 5.48. The number of aryl methyl sites for hydroxylation is 1. The molecule has 18 heavy (non-hydrogen) atoms. The number of carbonyl (C=O) groups is 1. The van der Waals surface area contributed by atoms with Crippen LogP contribution < -0.4 is 11.1 Å².